The number of benzene rings is 1. The van der Waals surface area contributed by atoms with Crippen molar-refractivity contribution in [2.75, 3.05) is 0 Å². The second-order valence-corrected chi connectivity index (χ2v) is 8.43. The Hall–Kier alpha value is -1.68. The summed E-state index contributed by atoms with van der Waals surface area (Å²) in [5, 5.41) is 8.86. The summed E-state index contributed by atoms with van der Waals surface area (Å²) in [6, 6.07) is 12.6. The number of nitrogens with one attached hydrogen (secondary N) is 1. The number of sulfonamides is 1. The van der Waals surface area contributed by atoms with Crippen molar-refractivity contribution < 1.29 is 8.42 Å². The van der Waals surface area contributed by atoms with E-state index < -0.39 is 10.0 Å². The molecule has 1 N–H and O–H groups in total. The Labute approximate surface area is 135 Å². The molecule has 2 aromatic rings. The van der Waals surface area contributed by atoms with E-state index in [2.05, 4.69) is 4.72 Å². The van der Waals surface area contributed by atoms with Crippen LogP contribution in [0.1, 0.15) is 27.8 Å². The average molecular weight is 334 g/mol. The molecule has 2 rings (SSSR count). The second kappa shape index (κ2) is 7.05. The van der Waals surface area contributed by atoms with Crippen LogP contribution < -0.4 is 4.72 Å². The van der Waals surface area contributed by atoms with E-state index in [1.807, 2.05) is 32.0 Å². The van der Waals surface area contributed by atoms with E-state index in [0.29, 0.717) is 17.5 Å². The molecule has 116 valence electrons. The van der Waals surface area contributed by atoms with E-state index in [1.54, 1.807) is 35.6 Å². The molecule has 1 heterocycles. The monoisotopic (exact) mass is 334 g/mol. The Bertz CT molecular complexity index is 788. The number of hydrogen-bond acceptors (Lipinski definition) is 4. The summed E-state index contributed by atoms with van der Waals surface area (Å²) in [5.41, 5.74) is 1.08. The molecule has 0 saturated carbocycles. The summed E-state index contributed by atoms with van der Waals surface area (Å²) in [5.74, 6) is -0.115. The number of nitrogens with zero attached hydrogens (tertiary/aromatic N) is 1. The number of nitriles is 1. The lowest BCUT2D eigenvalue weighted by Crippen LogP contribution is -2.34. The molecule has 6 heteroatoms. The highest BCUT2D eigenvalue weighted by atomic mass is 32.2. The minimum atomic E-state index is -3.43. The van der Waals surface area contributed by atoms with Crippen LogP contribution in [0.25, 0.3) is 0 Å². The van der Waals surface area contributed by atoms with Crippen LogP contribution in [0, 0.1) is 18.3 Å². The van der Waals surface area contributed by atoms with Crippen LogP contribution in [0.15, 0.2) is 36.4 Å². The van der Waals surface area contributed by atoms with Crippen LogP contribution in [0.2, 0.25) is 0 Å². The molecule has 22 heavy (non-hydrogen) atoms. The van der Waals surface area contributed by atoms with Gasteiger partial charge in [-0.25, -0.2) is 13.1 Å². The summed E-state index contributed by atoms with van der Waals surface area (Å²) in [7, 11) is -3.43. The number of rotatable bonds is 6. The summed E-state index contributed by atoms with van der Waals surface area (Å²) in [4.78, 5) is 2.39. The molecular formula is C16H18N2O2S2. The standard InChI is InChI=1S/C16H18N2O2S2/c1-12(8-16-7-6-13(2)21-16)18-22(19,20)11-15-5-3-4-14(9-15)10-17/h3-7,9,12,18H,8,11H2,1-2H3. The molecule has 0 radical (unpaired) electrons. The summed E-state index contributed by atoms with van der Waals surface area (Å²) in [6.07, 6.45) is 0.677. The lowest BCUT2D eigenvalue weighted by Gasteiger charge is -2.13. The maximum Gasteiger partial charge on any atom is 0.216 e. The third-order valence-electron chi connectivity index (χ3n) is 3.10. The number of aryl methyl sites for hydroxylation is 1. The van der Waals surface area contributed by atoms with Crippen LogP contribution in [-0.2, 0) is 22.2 Å². The molecule has 0 aliphatic rings. The molecule has 4 nitrogen and oxygen atoms in total. The third kappa shape index (κ3) is 4.95. The molecule has 1 unspecified atom stereocenters. The van der Waals surface area contributed by atoms with Crippen LogP contribution in [0.3, 0.4) is 0 Å². The Morgan fingerprint density at radius 3 is 2.73 bits per heavy atom. The van der Waals surface area contributed by atoms with E-state index in [9.17, 15) is 8.42 Å². The van der Waals surface area contributed by atoms with Gasteiger partial charge in [-0.15, -0.1) is 11.3 Å². The van der Waals surface area contributed by atoms with Crippen LogP contribution in [0.4, 0.5) is 0 Å². The van der Waals surface area contributed by atoms with Gasteiger partial charge in [0.1, 0.15) is 0 Å². The topological polar surface area (TPSA) is 70.0 Å². The number of hydrogen-bond donors (Lipinski definition) is 1. The Morgan fingerprint density at radius 2 is 2.09 bits per heavy atom. The van der Waals surface area contributed by atoms with Gasteiger partial charge in [-0.05, 0) is 50.1 Å². The van der Waals surface area contributed by atoms with Gasteiger partial charge in [-0.2, -0.15) is 5.26 Å². The van der Waals surface area contributed by atoms with Crippen molar-refractivity contribution in [2.45, 2.75) is 32.1 Å². The first-order valence-electron chi connectivity index (χ1n) is 6.92. The van der Waals surface area contributed by atoms with Crippen LogP contribution in [-0.4, -0.2) is 14.5 Å². The van der Waals surface area contributed by atoms with Gasteiger partial charge in [0.15, 0.2) is 0 Å². The highest BCUT2D eigenvalue weighted by Gasteiger charge is 2.16. The van der Waals surface area contributed by atoms with Gasteiger partial charge in [0.25, 0.3) is 0 Å². The Balaban J connectivity index is 1.99. The third-order valence-corrected chi connectivity index (χ3v) is 5.59. The van der Waals surface area contributed by atoms with Crippen molar-refractivity contribution in [3.05, 3.63) is 57.3 Å². The van der Waals surface area contributed by atoms with Gasteiger partial charge in [-0.1, -0.05) is 12.1 Å². The van der Waals surface area contributed by atoms with E-state index in [4.69, 9.17) is 5.26 Å². The quantitative estimate of drug-likeness (QED) is 0.883. The van der Waals surface area contributed by atoms with Crippen molar-refractivity contribution in [3.63, 3.8) is 0 Å². The fraction of sp³-hybridized carbons (Fsp3) is 0.312. The van der Waals surface area contributed by atoms with Gasteiger partial charge in [-0.3, -0.25) is 0 Å². The van der Waals surface area contributed by atoms with Crippen LogP contribution >= 0.6 is 11.3 Å². The van der Waals surface area contributed by atoms with Crippen molar-refractivity contribution in [1.82, 2.24) is 4.72 Å². The van der Waals surface area contributed by atoms with E-state index in [-0.39, 0.29) is 11.8 Å². The Kier molecular flexibility index (Phi) is 5.35. The molecule has 0 spiro atoms. The lowest BCUT2D eigenvalue weighted by molar-refractivity contribution is 0.560. The molecular weight excluding hydrogens is 316 g/mol. The highest BCUT2D eigenvalue weighted by molar-refractivity contribution is 7.88. The molecule has 1 atom stereocenters. The van der Waals surface area contributed by atoms with Crippen molar-refractivity contribution in [1.29, 1.82) is 5.26 Å². The van der Waals surface area contributed by atoms with Gasteiger partial charge in [0.2, 0.25) is 10.0 Å². The summed E-state index contributed by atoms with van der Waals surface area (Å²) >= 11 is 1.68. The van der Waals surface area contributed by atoms with E-state index in [0.717, 1.165) is 0 Å². The maximum atomic E-state index is 12.2. The van der Waals surface area contributed by atoms with E-state index in [1.165, 1.54) is 9.75 Å². The number of thiophene rings is 1. The summed E-state index contributed by atoms with van der Waals surface area (Å²) in [6.45, 7) is 3.89. The van der Waals surface area contributed by atoms with Gasteiger partial charge >= 0.3 is 0 Å². The van der Waals surface area contributed by atoms with Gasteiger partial charge < -0.3 is 0 Å². The highest BCUT2D eigenvalue weighted by Crippen LogP contribution is 2.17. The summed E-state index contributed by atoms with van der Waals surface area (Å²) < 4.78 is 27.1. The maximum absolute atomic E-state index is 12.2. The smallest absolute Gasteiger partial charge is 0.212 e. The zero-order chi connectivity index (χ0) is 16.2. The molecule has 0 aliphatic carbocycles. The predicted molar refractivity (Wildman–Crippen MR) is 89.1 cm³/mol. The fourth-order valence-electron chi connectivity index (χ4n) is 2.24. The van der Waals surface area contributed by atoms with Gasteiger partial charge in [0, 0.05) is 15.8 Å². The minimum Gasteiger partial charge on any atom is -0.212 e. The largest absolute Gasteiger partial charge is 0.216 e. The Morgan fingerprint density at radius 1 is 1.32 bits per heavy atom. The molecule has 0 saturated heterocycles. The molecule has 1 aromatic heterocycles. The van der Waals surface area contributed by atoms with Crippen molar-refractivity contribution in [3.8, 4) is 6.07 Å². The average Bonchev–Trinajstić information content (AvgIpc) is 2.82. The molecule has 0 aliphatic heterocycles. The van der Waals surface area contributed by atoms with Crippen molar-refractivity contribution in [2.24, 2.45) is 0 Å². The first-order valence-corrected chi connectivity index (χ1v) is 9.39. The molecule has 0 bridgehead atoms. The molecule has 0 fully saturated rings. The van der Waals surface area contributed by atoms with Crippen LogP contribution in [0.5, 0.6) is 0 Å². The van der Waals surface area contributed by atoms with E-state index >= 15 is 0 Å². The minimum absolute atomic E-state index is 0.115. The van der Waals surface area contributed by atoms with Crippen molar-refractivity contribution >= 4 is 21.4 Å². The first-order chi connectivity index (χ1) is 10.4. The lowest BCUT2D eigenvalue weighted by atomic mass is 10.2. The normalized spacial score (nSPS) is 12.8. The van der Waals surface area contributed by atoms with Gasteiger partial charge in [0.05, 0.1) is 17.4 Å². The second-order valence-electron chi connectivity index (χ2n) is 5.31. The predicted octanol–water partition coefficient (Wildman–Crippen LogP) is 2.98. The zero-order valence-electron chi connectivity index (χ0n) is 12.5. The zero-order valence-corrected chi connectivity index (χ0v) is 14.2. The SMILES string of the molecule is Cc1ccc(CC(C)NS(=O)(=O)Cc2cccc(C#N)c2)s1. The fourth-order valence-corrected chi connectivity index (χ4v) is 4.65. The molecule has 0 amide bonds. The molecule has 1 aromatic carbocycles. The first kappa shape index (κ1) is 16.7.